The zero-order valence-electron chi connectivity index (χ0n) is 10.7. The van der Waals surface area contributed by atoms with Crippen LogP contribution in [0, 0.1) is 16.7 Å². The minimum atomic E-state index is -0.107. The molecule has 90 valence electrons. The third-order valence-electron chi connectivity index (χ3n) is 2.17. The summed E-state index contributed by atoms with van der Waals surface area (Å²) in [6.07, 6.45) is 2.93. The van der Waals surface area contributed by atoms with Crippen molar-refractivity contribution in [2.24, 2.45) is 5.41 Å². The van der Waals surface area contributed by atoms with Gasteiger partial charge in [0.1, 0.15) is 6.07 Å². The number of carbonyl (C=O) groups is 1. The Morgan fingerprint density at radius 3 is 2.65 bits per heavy atom. The molecule has 0 aromatic carbocycles. The van der Waals surface area contributed by atoms with E-state index in [9.17, 15) is 4.79 Å². The van der Waals surface area contributed by atoms with Gasteiger partial charge in [0.15, 0.2) is 0 Å². The molecule has 17 heavy (non-hydrogen) atoms. The number of hydrogen-bond donors (Lipinski definition) is 0. The summed E-state index contributed by atoms with van der Waals surface area (Å²) in [7, 11) is 1.76. The molecule has 0 unspecified atom stereocenters. The van der Waals surface area contributed by atoms with Gasteiger partial charge in [-0.25, -0.2) is 0 Å². The summed E-state index contributed by atoms with van der Waals surface area (Å²) >= 11 is 0. The van der Waals surface area contributed by atoms with Gasteiger partial charge in [0.2, 0.25) is 0 Å². The van der Waals surface area contributed by atoms with Crippen LogP contribution < -0.4 is 0 Å². The fourth-order valence-electron chi connectivity index (χ4n) is 1.62. The van der Waals surface area contributed by atoms with Crippen molar-refractivity contribution in [3.63, 3.8) is 0 Å². The van der Waals surface area contributed by atoms with Gasteiger partial charge in [0, 0.05) is 26.0 Å². The topological polar surface area (TPSA) is 57.0 Å². The molecule has 0 aliphatic rings. The molecule has 4 nitrogen and oxygen atoms in total. The number of nitriles is 1. The molecule has 0 aliphatic heterocycles. The average Bonchev–Trinajstić information content (AvgIpc) is 2.26. The quantitative estimate of drug-likeness (QED) is 0.783. The SMILES string of the molecule is CN(CC(C)(C)C)C(=O)c1cncc(C#N)c1. The molecule has 1 aromatic rings. The normalized spacial score (nSPS) is 10.8. The van der Waals surface area contributed by atoms with E-state index in [2.05, 4.69) is 25.8 Å². The molecule has 0 fully saturated rings. The molecule has 4 heteroatoms. The first-order valence-corrected chi connectivity index (χ1v) is 5.44. The van der Waals surface area contributed by atoms with E-state index < -0.39 is 0 Å². The lowest BCUT2D eigenvalue weighted by Crippen LogP contribution is -2.34. The molecular formula is C13H17N3O. The molecule has 0 saturated carbocycles. The molecular weight excluding hydrogens is 214 g/mol. The fraction of sp³-hybridized carbons (Fsp3) is 0.462. The van der Waals surface area contributed by atoms with E-state index in [0.29, 0.717) is 17.7 Å². The monoisotopic (exact) mass is 231 g/mol. The highest BCUT2D eigenvalue weighted by Crippen LogP contribution is 2.15. The van der Waals surface area contributed by atoms with Crippen LogP contribution in [0.1, 0.15) is 36.7 Å². The van der Waals surface area contributed by atoms with Crippen molar-refractivity contribution >= 4 is 5.91 Å². The van der Waals surface area contributed by atoms with Gasteiger partial charge in [0.25, 0.3) is 5.91 Å². The predicted molar refractivity (Wildman–Crippen MR) is 65.4 cm³/mol. The van der Waals surface area contributed by atoms with Crippen LogP contribution in [0.25, 0.3) is 0 Å². The van der Waals surface area contributed by atoms with Crippen molar-refractivity contribution < 1.29 is 4.79 Å². The van der Waals surface area contributed by atoms with Gasteiger partial charge in [0.05, 0.1) is 11.1 Å². The van der Waals surface area contributed by atoms with Crippen LogP contribution in [-0.4, -0.2) is 29.4 Å². The molecule has 0 N–H and O–H groups in total. The number of carbonyl (C=O) groups excluding carboxylic acids is 1. The second kappa shape index (κ2) is 4.96. The summed E-state index contributed by atoms with van der Waals surface area (Å²) in [5, 5.41) is 8.75. The molecule has 0 aliphatic carbocycles. The van der Waals surface area contributed by atoms with Crippen LogP contribution >= 0.6 is 0 Å². The van der Waals surface area contributed by atoms with Crippen molar-refractivity contribution in [1.29, 1.82) is 5.26 Å². The van der Waals surface area contributed by atoms with Gasteiger partial charge in [-0.3, -0.25) is 9.78 Å². The number of aromatic nitrogens is 1. The molecule has 1 amide bonds. The molecule has 0 saturated heterocycles. The van der Waals surface area contributed by atoms with Gasteiger partial charge in [-0.05, 0) is 11.5 Å². The van der Waals surface area contributed by atoms with Gasteiger partial charge < -0.3 is 4.90 Å². The van der Waals surface area contributed by atoms with E-state index >= 15 is 0 Å². The van der Waals surface area contributed by atoms with Crippen LogP contribution in [0.4, 0.5) is 0 Å². The minimum absolute atomic E-state index is 0.0463. The molecule has 0 atom stereocenters. The fourth-order valence-corrected chi connectivity index (χ4v) is 1.62. The Morgan fingerprint density at radius 2 is 2.12 bits per heavy atom. The van der Waals surface area contributed by atoms with Crippen molar-refractivity contribution in [3.05, 3.63) is 29.6 Å². The van der Waals surface area contributed by atoms with Crippen LogP contribution in [-0.2, 0) is 0 Å². The van der Waals surface area contributed by atoms with Crippen molar-refractivity contribution in [1.82, 2.24) is 9.88 Å². The van der Waals surface area contributed by atoms with Gasteiger partial charge in [-0.1, -0.05) is 20.8 Å². The Kier molecular flexibility index (Phi) is 3.84. The summed E-state index contributed by atoms with van der Waals surface area (Å²) in [6.45, 7) is 6.87. The highest BCUT2D eigenvalue weighted by molar-refractivity contribution is 5.94. The minimum Gasteiger partial charge on any atom is -0.341 e. The number of hydrogen-bond acceptors (Lipinski definition) is 3. The Hall–Kier alpha value is -1.89. The van der Waals surface area contributed by atoms with Crippen molar-refractivity contribution in [3.8, 4) is 6.07 Å². The first-order valence-electron chi connectivity index (χ1n) is 5.44. The lowest BCUT2D eigenvalue weighted by atomic mass is 9.96. The lowest BCUT2D eigenvalue weighted by Gasteiger charge is -2.26. The van der Waals surface area contributed by atoms with E-state index in [0.717, 1.165) is 0 Å². The number of amides is 1. The van der Waals surface area contributed by atoms with Gasteiger partial charge >= 0.3 is 0 Å². The van der Waals surface area contributed by atoms with E-state index in [4.69, 9.17) is 5.26 Å². The second-order valence-corrected chi connectivity index (χ2v) is 5.30. The van der Waals surface area contributed by atoms with Gasteiger partial charge in [-0.15, -0.1) is 0 Å². The molecule has 1 heterocycles. The van der Waals surface area contributed by atoms with Crippen LogP contribution in [0.15, 0.2) is 18.5 Å². The first-order chi connectivity index (χ1) is 7.83. The highest BCUT2D eigenvalue weighted by atomic mass is 16.2. The third-order valence-corrected chi connectivity index (χ3v) is 2.17. The first kappa shape index (κ1) is 13.2. The molecule has 0 radical (unpaired) electrons. The van der Waals surface area contributed by atoms with E-state index in [1.807, 2.05) is 6.07 Å². The van der Waals surface area contributed by atoms with E-state index in [1.165, 1.54) is 12.4 Å². The summed E-state index contributed by atoms with van der Waals surface area (Å²) in [5.74, 6) is -0.107. The highest BCUT2D eigenvalue weighted by Gasteiger charge is 2.19. The maximum Gasteiger partial charge on any atom is 0.255 e. The maximum atomic E-state index is 12.1. The standard InChI is InChI=1S/C13H17N3O/c1-13(2,3)9-16(4)12(17)11-5-10(6-14)7-15-8-11/h5,7-8H,9H2,1-4H3. The second-order valence-electron chi connectivity index (χ2n) is 5.30. The smallest absolute Gasteiger partial charge is 0.255 e. The zero-order chi connectivity index (χ0) is 13.1. The van der Waals surface area contributed by atoms with Gasteiger partial charge in [-0.2, -0.15) is 5.26 Å². The Morgan fingerprint density at radius 1 is 1.47 bits per heavy atom. The molecule has 1 aromatic heterocycles. The number of pyridine rings is 1. The third kappa shape index (κ3) is 3.87. The average molecular weight is 231 g/mol. The summed E-state index contributed by atoms with van der Waals surface area (Å²) in [5.41, 5.74) is 0.904. The van der Waals surface area contributed by atoms with Crippen molar-refractivity contribution in [2.75, 3.05) is 13.6 Å². The Bertz CT molecular complexity index is 454. The maximum absolute atomic E-state index is 12.1. The molecule has 0 bridgehead atoms. The number of nitrogens with zero attached hydrogens (tertiary/aromatic N) is 3. The van der Waals surface area contributed by atoms with Crippen LogP contribution in [0.2, 0.25) is 0 Å². The predicted octanol–water partition coefficient (Wildman–Crippen LogP) is 2.07. The number of rotatable bonds is 2. The zero-order valence-corrected chi connectivity index (χ0v) is 10.7. The van der Waals surface area contributed by atoms with E-state index in [-0.39, 0.29) is 11.3 Å². The van der Waals surface area contributed by atoms with E-state index in [1.54, 1.807) is 18.0 Å². The summed E-state index contributed by atoms with van der Waals surface area (Å²) < 4.78 is 0. The summed E-state index contributed by atoms with van der Waals surface area (Å²) in [6, 6.07) is 3.54. The van der Waals surface area contributed by atoms with Crippen LogP contribution in [0.3, 0.4) is 0 Å². The molecule has 1 rings (SSSR count). The van der Waals surface area contributed by atoms with Crippen LogP contribution in [0.5, 0.6) is 0 Å². The summed E-state index contributed by atoms with van der Waals surface area (Å²) in [4.78, 5) is 17.6. The Labute approximate surface area is 102 Å². The Balaban J connectivity index is 2.86. The lowest BCUT2D eigenvalue weighted by molar-refractivity contribution is 0.0745. The molecule has 0 spiro atoms. The van der Waals surface area contributed by atoms with Crippen molar-refractivity contribution in [2.45, 2.75) is 20.8 Å². The largest absolute Gasteiger partial charge is 0.341 e.